The molecule has 1 aromatic carbocycles. The van der Waals surface area contributed by atoms with Crippen molar-refractivity contribution in [1.82, 2.24) is 15.6 Å². The minimum Gasteiger partial charge on any atom is -0.350 e. The summed E-state index contributed by atoms with van der Waals surface area (Å²) < 4.78 is 0. The van der Waals surface area contributed by atoms with Gasteiger partial charge in [-0.2, -0.15) is 0 Å². The minimum atomic E-state index is -0.262. The van der Waals surface area contributed by atoms with Crippen LogP contribution in [0.2, 0.25) is 0 Å². The van der Waals surface area contributed by atoms with Crippen molar-refractivity contribution >= 4 is 11.8 Å². The zero-order valence-electron chi connectivity index (χ0n) is 12.8. The van der Waals surface area contributed by atoms with Gasteiger partial charge in [0.2, 0.25) is 0 Å². The molecule has 23 heavy (non-hydrogen) atoms. The Hall–Kier alpha value is -2.69. The highest BCUT2D eigenvalue weighted by molar-refractivity contribution is 5.98. The van der Waals surface area contributed by atoms with Crippen molar-refractivity contribution in [2.24, 2.45) is 0 Å². The quantitative estimate of drug-likeness (QED) is 0.857. The number of nitrogens with one attached hydrogen (secondary N) is 2. The van der Waals surface area contributed by atoms with E-state index in [0.29, 0.717) is 18.2 Å². The lowest BCUT2D eigenvalue weighted by Crippen LogP contribution is -2.28. The second-order valence-corrected chi connectivity index (χ2v) is 5.67. The first-order chi connectivity index (χ1) is 11.2. The van der Waals surface area contributed by atoms with E-state index in [-0.39, 0.29) is 17.5 Å². The van der Waals surface area contributed by atoms with Gasteiger partial charge in [-0.25, -0.2) is 0 Å². The molecular weight excluding hydrogens is 290 g/mol. The van der Waals surface area contributed by atoms with Gasteiger partial charge in [0.05, 0.1) is 0 Å². The number of pyridine rings is 1. The van der Waals surface area contributed by atoms with Crippen molar-refractivity contribution in [3.8, 4) is 0 Å². The average Bonchev–Trinajstić information content (AvgIpc) is 3.40. The molecule has 5 heteroatoms. The Balaban J connectivity index is 1.55. The van der Waals surface area contributed by atoms with Crippen molar-refractivity contribution < 1.29 is 9.59 Å². The van der Waals surface area contributed by atoms with Crippen molar-refractivity contribution in [1.29, 1.82) is 0 Å². The highest BCUT2D eigenvalue weighted by atomic mass is 16.2. The highest BCUT2D eigenvalue weighted by Crippen LogP contribution is 2.19. The first-order valence-electron chi connectivity index (χ1n) is 7.81. The van der Waals surface area contributed by atoms with Gasteiger partial charge in [0.25, 0.3) is 11.8 Å². The average molecular weight is 309 g/mol. The van der Waals surface area contributed by atoms with Crippen molar-refractivity contribution in [3.63, 3.8) is 0 Å². The van der Waals surface area contributed by atoms with Crippen LogP contribution in [-0.2, 0) is 6.42 Å². The molecule has 0 radical (unpaired) electrons. The summed E-state index contributed by atoms with van der Waals surface area (Å²) in [6.45, 7) is 0.531. The topological polar surface area (TPSA) is 71.1 Å². The van der Waals surface area contributed by atoms with E-state index < -0.39 is 0 Å². The Kier molecular flexibility index (Phi) is 4.66. The van der Waals surface area contributed by atoms with E-state index in [0.717, 1.165) is 19.3 Å². The molecule has 0 unspecified atom stereocenters. The Morgan fingerprint density at radius 1 is 1.09 bits per heavy atom. The minimum absolute atomic E-state index is 0.145. The second-order valence-electron chi connectivity index (χ2n) is 5.67. The fraction of sp³-hybridized carbons (Fsp3) is 0.278. The Morgan fingerprint density at radius 3 is 2.61 bits per heavy atom. The van der Waals surface area contributed by atoms with Gasteiger partial charge in [0, 0.05) is 24.3 Å². The SMILES string of the molecule is O=C(NC1CC1)c1ccnc(C(=O)NCCc2ccccc2)c1. The maximum absolute atomic E-state index is 12.1. The molecule has 1 fully saturated rings. The van der Waals surface area contributed by atoms with Crippen LogP contribution in [0, 0.1) is 0 Å². The molecular formula is C18H19N3O2. The third kappa shape index (κ3) is 4.39. The van der Waals surface area contributed by atoms with Gasteiger partial charge < -0.3 is 10.6 Å². The van der Waals surface area contributed by atoms with Gasteiger partial charge in [-0.3, -0.25) is 14.6 Å². The van der Waals surface area contributed by atoms with Crippen LogP contribution in [0.1, 0.15) is 39.3 Å². The van der Waals surface area contributed by atoms with Crippen LogP contribution in [0.25, 0.3) is 0 Å². The summed E-state index contributed by atoms with van der Waals surface area (Å²) in [5.74, 6) is -0.407. The highest BCUT2D eigenvalue weighted by Gasteiger charge is 2.24. The number of benzene rings is 1. The van der Waals surface area contributed by atoms with Crippen molar-refractivity contribution in [3.05, 3.63) is 65.5 Å². The molecule has 0 bridgehead atoms. The number of carbonyl (C=O) groups excluding carboxylic acids is 2. The number of hydrogen-bond donors (Lipinski definition) is 2. The van der Waals surface area contributed by atoms with E-state index in [1.54, 1.807) is 6.07 Å². The fourth-order valence-electron chi connectivity index (χ4n) is 2.25. The summed E-state index contributed by atoms with van der Waals surface area (Å²) in [5.41, 5.74) is 1.90. The molecule has 1 saturated carbocycles. The first kappa shape index (κ1) is 15.2. The van der Waals surface area contributed by atoms with Crippen LogP contribution in [0.15, 0.2) is 48.7 Å². The van der Waals surface area contributed by atoms with Crippen LogP contribution in [0.4, 0.5) is 0 Å². The molecule has 0 saturated heterocycles. The lowest BCUT2D eigenvalue weighted by Gasteiger charge is -2.07. The predicted molar refractivity (Wildman–Crippen MR) is 87.2 cm³/mol. The lowest BCUT2D eigenvalue weighted by atomic mass is 10.1. The van der Waals surface area contributed by atoms with Gasteiger partial charge in [-0.05, 0) is 37.0 Å². The first-order valence-corrected chi connectivity index (χ1v) is 7.81. The molecule has 1 aromatic heterocycles. The second kappa shape index (κ2) is 7.05. The fourth-order valence-corrected chi connectivity index (χ4v) is 2.25. The molecule has 0 spiro atoms. The van der Waals surface area contributed by atoms with Crippen LogP contribution in [0.3, 0.4) is 0 Å². The molecule has 2 amide bonds. The van der Waals surface area contributed by atoms with E-state index in [1.807, 2.05) is 30.3 Å². The number of carbonyl (C=O) groups is 2. The molecule has 0 aliphatic heterocycles. The standard InChI is InChI=1S/C18H19N3O2/c22-17(21-15-6-7-15)14-9-11-19-16(12-14)18(23)20-10-8-13-4-2-1-3-5-13/h1-5,9,11-12,15H,6-8,10H2,(H,20,23)(H,21,22). The van der Waals surface area contributed by atoms with E-state index >= 15 is 0 Å². The zero-order chi connectivity index (χ0) is 16.1. The van der Waals surface area contributed by atoms with Crippen molar-refractivity contribution in [2.75, 3.05) is 6.54 Å². The lowest BCUT2D eigenvalue weighted by molar-refractivity contribution is 0.0949. The smallest absolute Gasteiger partial charge is 0.269 e. The molecule has 3 rings (SSSR count). The summed E-state index contributed by atoms with van der Waals surface area (Å²) in [6.07, 6.45) is 4.32. The third-order valence-electron chi connectivity index (χ3n) is 3.71. The largest absolute Gasteiger partial charge is 0.350 e. The third-order valence-corrected chi connectivity index (χ3v) is 3.71. The predicted octanol–water partition coefficient (Wildman–Crippen LogP) is 1.95. The number of aromatic nitrogens is 1. The molecule has 1 aliphatic carbocycles. The summed E-state index contributed by atoms with van der Waals surface area (Å²) in [4.78, 5) is 28.2. The number of hydrogen-bond acceptors (Lipinski definition) is 3. The molecule has 2 aromatic rings. The summed E-state index contributed by atoms with van der Waals surface area (Å²) >= 11 is 0. The van der Waals surface area contributed by atoms with Crippen LogP contribution < -0.4 is 10.6 Å². The van der Waals surface area contributed by atoms with Crippen LogP contribution in [0.5, 0.6) is 0 Å². The van der Waals surface area contributed by atoms with E-state index in [2.05, 4.69) is 15.6 Å². The van der Waals surface area contributed by atoms with Crippen LogP contribution >= 0.6 is 0 Å². The Bertz CT molecular complexity index is 696. The van der Waals surface area contributed by atoms with Gasteiger partial charge in [-0.15, -0.1) is 0 Å². The maximum atomic E-state index is 12.1. The van der Waals surface area contributed by atoms with E-state index in [4.69, 9.17) is 0 Å². The molecule has 118 valence electrons. The maximum Gasteiger partial charge on any atom is 0.269 e. The summed E-state index contributed by atoms with van der Waals surface area (Å²) in [6, 6.07) is 13.4. The number of amides is 2. The van der Waals surface area contributed by atoms with Crippen molar-refractivity contribution in [2.45, 2.75) is 25.3 Å². The van der Waals surface area contributed by atoms with Gasteiger partial charge in [0.15, 0.2) is 0 Å². The Morgan fingerprint density at radius 2 is 1.87 bits per heavy atom. The summed E-state index contributed by atoms with van der Waals surface area (Å²) in [7, 11) is 0. The normalized spacial score (nSPS) is 13.4. The van der Waals surface area contributed by atoms with E-state index in [9.17, 15) is 9.59 Å². The summed E-state index contributed by atoms with van der Waals surface area (Å²) in [5, 5.41) is 5.74. The van der Waals surface area contributed by atoms with Gasteiger partial charge in [0.1, 0.15) is 5.69 Å². The van der Waals surface area contributed by atoms with Gasteiger partial charge >= 0.3 is 0 Å². The molecule has 1 heterocycles. The molecule has 5 nitrogen and oxygen atoms in total. The number of rotatable bonds is 6. The zero-order valence-corrected chi connectivity index (χ0v) is 12.8. The molecule has 0 atom stereocenters. The van der Waals surface area contributed by atoms with Crippen LogP contribution in [-0.4, -0.2) is 29.4 Å². The van der Waals surface area contributed by atoms with Gasteiger partial charge in [-0.1, -0.05) is 30.3 Å². The Labute approximate surface area is 135 Å². The molecule has 2 N–H and O–H groups in total. The monoisotopic (exact) mass is 309 g/mol. The molecule has 1 aliphatic rings. The van der Waals surface area contributed by atoms with E-state index in [1.165, 1.54) is 17.8 Å². The number of nitrogens with zero attached hydrogens (tertiary/aromatic N) is 1.